The first-order valence-corrected chi connectivity index (χ1v) is 7.59. The number of carbonyl (C=O) groups is 2. The molecule has 5 nitrogen and oxygen atoms in total. The number of fused-ring (bicyclic) bond motifs is 1. The van der Waals surface area contributed by atoms with Crippen molar-refractivity contribution in [3.05, 3.63) is 65.4 Å². The molecule has 2 aromatic rings. The predicted molar refractivity (Wildman–Crippen MR) is 90.8 cm³/mol. The Morgan fingerprint density at radius 1 is 1.21 bits per heavy atom. The summed E-state index contributed by atoms with van der Waals surface area (Å²) in [7, 11) is 0. The van der Waals surface area contributed by atoms with Crippen LogP contribution < -0.4 is 9.64 Å². The minimum atomic E-state index is -1.07. The molecule has 0 bridgehead atoms. The average molecular weight is 323 g/mol. The highest BCUT2D eigenvalue weighted by atomic mass is 16.5. The second-order valence-corrected chi connectivity index (χ2v) is 5.68. The van der Waals surface area contributed by atoms with Crippen LogP contribution in [0.25, 0.3) is 6.08 Å². The highest BCUT2D eigenvalue weighted by molar-refractivity contribution is 6.12. The van der Waals surface area contributed by atoms with Gasteiger partial charge in [0.1, 0.15) is 6.04 Å². The zero-order valence-corrected chi connectivity index (χ0v) is 13.4. The van der Waals surface area contributed by atoms with Gasteiger partial charge in [0.15, 0.2) is 11.5 Å². The summed E-state index contributed by atoms with van der Waals surface area (Å²) in [5.74, 6) is -0.975. The maximum Gasteiger partial charge on any atom is 0.326 e. The topological polar surface area (TPSA) is 66.8 Å². The van der Waals surface area contributed by atoms with Crippen LogP contribution in [0.3, 0.4) is 0 Å². The van der Waals surface area contributed by atoms with E-state index in [0.29, 0.717) is 11.4 Å². The fourth-order valence-corrected chi connectivity index (χ4v) is 2.63. The zero-order valence-electron chi connectivity index (χ0n) is 13.4. The number of ether oxygens (including phenoxy) is 1. The van der Waals surface area contributed by atoms with Gasteiger partial charge >= 0.3 is 5.97 Å². The van der Waals surface area contributed by atoms with Gasteiger partial charge in [-0.15, -0.1) is 0 Å². The summed E-state index contributed by atoms with van der Waals surface area (Å²) in [6.07, 6.45) is 1.63. The van der Waals surface area contributed by atoms with Gasteiger partial charge in [-0.1, -0.05) is 42.0 Å². The molecule has 0 saturated heterocycles. The Hall–Kier alpha value is -3.08. The Morgan fingerprint density at radius 3 is 2.67 bits per heavy atom. The standard InChI is InChI=1S/C19H17NO4/c1-12-6-5-7-14(10-12)11-17-18(21)20(13(2)19(22)23)15-8-3-4-9-16(15)24-17/h3-11,13H,1-2H3,(H,22,23)/b17-11+. The van der Waals surface area contributed by atoms with Gasteiger partial charge in [-0.05, 0) is 37.6 Å². The lowest BCUT2D eigenvalue weighted by Crippen LogP contribution is -2.47. The lowest BCUT2D eigenvalue weighted by Gasteiger charge is -2.32. The molecular formula is C19H17NO4. The molecule has 0 radical (unpaired) electrons. The molecule has 1 unspecified atom stereocenters. The first-order chi connectivity index (χ1) is 11.5. The molecule has 1 amide bonds. The molecule has 0 spiro atoms. The van der Waals surface area contributed by atoms with E-state index in [-0.39, 0.29) is 5.76 Å². The second kappa shape index (κ2) is 6.20. The number of anilines is 1. The average Bonchev–Trinajstić information content (AvgIpc) is 2.55. The van der Waals surface area contributed by atoms with Crippen molar-refractivity contribution in [2.75, 3.05) is 4.90 Å². The van der Waals surface area contributed by atoms with Crippen LogP contribution >= 0.6 is 0 Å². The Labute approximate surface area is 139 Å². The maximum absolute atomic E-state index is 12.8. The summed E-state index contributed by atoms with van der Waals surface area (Å²) >= 11 is 0. The van der Waals surface area contributed by atoms with Crippen LogP contribution in [0.4, 0.5) is 5.69 Å². The van der Waals surface area contributed by atoms with Crippen LogP contribution in [0.1, 0.15) is 18.1 Å². The van der Waals surface area contributed by atoms with Gasteiger partial charge in [0.2, 0.25) is 0 Å². The molecule has 0 fully saturated rings. The number of nitrogens with zero attached hydrogens (tertiary/aromatic N) is 1. The number of para-hydroxylation sites is 2. The number of rotatable bonds is 3. The van der Waals surface area contributed by atoms with E-state index >= 15 is 0 Å². The first-order valence-electron chi connectivity index (χ1n) is 7.59. The lowest BCUT2D eigenvalue weighted by atomic mass is 10.1. The van der Waals surface area contributed by atoms with Crippen molar-refractivity contribution in [1.82, 2.24) is 0 Å². The summed E-state index contributed by atoms with van der Waals surface area (Å²) in [6.45, 7) is 3.44. The molecule has 3 rings (SSSR count). The number of amides is 1. The molecular weight excluding hydrogens is 306 g/mol. The van der Waals surface area contributed by atoms with Gasteiger partial charge in [-0.25, -0.2) is 4.79 Å². The van der Waals surface area contributed by atoms with Gasteiger partial charge in [-0.3, -0.25) is 9.69 Å². The van der Waals surface area contributed by atoms with Gasteiger partial charge in [0.25, 0.3) is 5.91 Å². The van der Waals surface area contributed by atoms with Gasteiger partial charge in [0, 0.05) is 0 Å². The van der Waals surface area contributed by atoms with Crippen LogP contribution in [-0.4, -0.2) is 23.0 Å². The number of carboxylic acid groups (broad SMARTS) is 1. The number of hydrogen-bond donors (Lipinski definition) is 1. The van der Waals surface area contributed by atoms with E-state index in [1.165, 1.54) is 11.8 Å². The lowest BCUT2D eigenvalue weighted by molar-refractivity contribution is -0.139. The van der Waals surface area contributed by atoms with Gasteiger partial charge in [-0.2, -0.15) is 0 Å². The van der Waals surface area contributed by atoms with E-state index in [1.54, 1.807) is 30.3 Å². The fourth-order valence-electron chi connectivity index (χ4n) is 2.63. The zero-order chi connectivity index (χ0) is 17.3. The monoisotopic (exact) mass is 323 g/mol. The molecule has 122 valence electrons. The SMILES string of the molecule is Cc1cccc(/C=C2/Oc3ccccc3N(C(C)C(=O)O)C2=O)c1. The molecule has 0 aliphatic carbocycles. The second-order valence-electron chi connectivity index (χ2n) is 5.68. The van der Waals surface area contributed by atoms with Crippen LogP contribution in [0, 0.1) is 6.92 Å². The normalized spacial score (nSPS) is 16.5. The van der Waals surface area contributed by atoms with Gasteiger partial charge < -0.3 is 9.84 Å². The third-order valence-corrected chi connectivity index (χ3v) is 3.86. The maximum atomic E-state index is 12.8. The molecule has 1 N–H and O–H groups in total. The van der Waals surface area contributed by atoms with E-state index < -0.39 is 17.9 Å². The molecule has 2 aromatic carbocycles. The largest absolute Gasteiger partial charge is 0.480 e. The Balaban J connectivity index is 2.08. The molecule has 1 heterocycles. The molecule has 5 heteroatoms. The number of aliphatic carboxylic acids is 1. The minimum Gasteiger partial charge on any atom is -0.480 e. The summed E-state index contributed by atoms with van der Waals surface area (Å²) < 4.78 is 5.73. The predicted octanol–water partition coefficient (Wildman–Crippen LogP) is 3.23. The molecule has 1 atom stereocenters. The van der Waals surface area contributed by atoms with Crippen LogP contribution in [-0.2, 0) is 9.59 Å². The van der Waals surface area contributed by atoms with Crippen LogP contribution in [0.5, 0.6) is 5.75 Å². The number of carboxylic acids is 1. The third kappa shape index (κ3) is 2.88. The quantitative estimate of drug-likeness (QED) is 0.881. The van der Waals surface area contributed by atoms with E-state index in [9.17, 15) is 14.7 Å². The van der Waals surface area contributed by atoms with Crippen molar-refractivity contribution in [3.63, 3.8) is 0 Å². The minimum absolute atomic E-state index is 0.104. The smallest absolute Gasteiger partial charge is 0.326 e. The number of carbonyl (C=O) groups excluding carboxylic acids is 1. The van der Waals surface area contributed by atoms with Crippen molar-refractivity contribution in [2.24, 2.45) is 0 Å². The first kappa shape index (κ1) is 15.8. The Morgan fingerprint density at radius 2 is 1.96 bits per heavy atom. The molecule has 24 heavy (non-hydrogen) atoms. The molecule has 0 saturated carbocycles. The van der Waals surface area contributed by atoms with E-state index in [4.69, 9.17) is 4.74 Å². The number of hydrogen-bond acceptors (Lipinski definition) is 3. The summed E-state index contributed by atoms with van der Waals surface area (Å²) in [4.78, 5) is 25.5. The van der Waals surface area contributed by atoms with Crippen LogP contribution in [0.15, 0.2) is 54.3 Å². The van der Waals surface area contributed by atoms with Crippen molar-refractivity contribution >= 4 is 23.6 Å². The molecule has 1 aliphatic rings. The Bertz CT molecular complexity index is 841. The van der Waals surface area contributed by atoms with Crippen molar-refractivity contribution in [2.45, 2.75) is 19.9 Å². The summed E-state index contributed by atoms with van der Waals surface area (Å²) in [6, 6.07) is 13.6. The highest BCUT2D eigenvalue weighted by Crippen LogP contribution is 2.36. The van der Waals surface area contributed by atoms with Crippen molar-refractivity contribution in [3.8, 4) is 5.75 Å². The highest BCUT2D eigenvalue weighted by Gasteiger charge is 2.36. The summed E-state index contributed by atoms with van der Waals surface area (Å²) in [5, 5.41) is 9.34. The third-order valence-electron chi connectivity index (χ3n) is 3.86. The van der Waals surface area contributed by atoms with Gasteiger partial charge in [0.05, 0.1) is 5.69 Å². The van der Waals surface area contributed by atoms with E-state index in [0.717, 1.165) is 11.1 Å². The van der Waals surface area contributed by atoms with E-state index in [2.05, 4.69) is 0 Å². The summed E-state index contributed by atoms with van der Waals surface area (Å²) in [5.41, 5.74) is 2.34. The van der Waals surface area contributed by atoms with Crippen molar-refractivity contribution in [1.29, 1.82) is 0 Å². The molecule has 0 aromatic heterocycles. The molecule has 1 aliphatic heterocycles. The van der Waals surface area contributed by atoms with E-state index in [1.807, 2.05) is 31.2 Å². The fraction of sp³-hybridized carbons (Fsp3) is 0.158. The van der Waals surface area contributed by atoms with Crippen molar-refractivity contribution < 1.29 is 19.4 Å². The number of benzene rings is 2. The number of aryl methyl sites for hydroxylation is 1. The Kier molecular flexibility index (Phi) is 4.08. The van der Waals surface area contributed by atoms with Crippen LogP contribution in [0.2, 0.25) is 0 Å².